The van der Waals surface area contributed by atoms with Crippen molar-refractivity contribution in [3.05, 3.63) is 26.6 Å². The summed E-state index contributed by atoms with van der Waals surface area (Å²) in [5, 5.41) is 9.97. The Hall–Kier alpha value is -0.300. The van der Waals surface area contributed by atoms with Crippen LogP contribution in [0.2, 0.25) is 0 Å². The zero-order valence-corrected chi connectivity index (χ0v) is 14.7. The van der Waals surface area contributed by atoms with Crippen LogP contribution >= 0.6 is 44.3 Å². The lowest BCUT2D eigenvalue weighted by atomic mass is 9.80. The normalized spacial score (nSPS) is 12.5. The number of nitrogens with two attached hydrogens (primary N) is 1. The molecule has 7 heteroatoms. The number of phenolic OH excluding ortho intramolecular Hbond substituents is 1. The lowest BCUT2D eigenvalue weighted by Gasteiger charge is -2.30. The lowest BCUT2D eigenvalue weighted by Crippen LogP contribution is -2.37. The summed E-state index contributed by atoms with van der Waals surface area (Å²) >= 11 is 6.61. The fourth-order valence-electron chi connectivity index (χ4n) is 1.63. The smallest absolute Gasteiger partial charge is 0.313 e. The number of benzene rings is 1. The molecule has 0 unspecified atom stereocenters. The number of halogens is 3. The molecular formula is C12H16Br2ClNO3. The van der Waals surface area contributed by atoms with Crippen LogP contribution in [0.4, 0.5) is 0 Å². The Labute approximate surface area is 135 Å². The van der Waals surface area contributed by atoms with Crippen LogP contribution < -0.4 is 5.73 Å². The van der Waals surface area contributed by atoms with E-state index in [1.807, 2.05) is 0 Å². The summed E-state index contributed by atoms with van der Waals surface area (Å²) in [6.45, 7) is 3.36. The third-order valence-corrected chi connectivity index (χ3v) is 3.99. The van der Waals surface area contributed by atoms with Gasteiger partial charge >= 0.3 is 5.97 Å². The molecule has 0 saturated heterocycles. The van der Waals surface area contributed by atoms with Gasteiger partial charge in [-0.3, -0.25) is 4.79 Å². The van der Waals surface area contributed by atoms with Gasteiger partial charge in [-0.05, 0) is 26.0 Å². The van der Waals surface area contributed by atoms with Gasteiger partial charge in [0.15, 0.2) is 0 Å². The van der Waals surface area contributed by atoms with Crippen LogP contribution in [0, 0.1) is 5.41 Å². The molecule has 1 aromatic carbocycles. The van der Waals surface area contributed by atoms with Crippen molar-refractivity contribution in [2.24, 2.45) is 11.1 Å². The average Bonchev–Trinajstić information content (AvgIpc) is 2.26. The molecule has 1 atom stereocenters. The van der Waals surface area contributed by atoms with Gasteiger partial charge in [0.05, 0.1) is 18.6 Å². The van der Waals surface area contributed by atoms with E-state index in [2.05, 4.69) is 31.9 Å². The van der Waals surface area contributed by atoms with E-state index < -0.39 is 17.4 Å². The third kappa shape index (κ3) is 3.84. The third-order valence-electron chi connectivity index (χ3n) is 2.87. The van der Waals surface area contributed by atoms with E-state index in [0.29, 0.717) is 10.0 Å². The summed E-state index contributed by atoms with van der Waals surface area (Å²) in [5.41, 5.74) is 5.63. The Kier molecular flexibility index (Phi) is 6.82. The minimum absolute atomic E-state index is 0. The second-order valence-corrected chi connectivity index (χ2v) is 6.28. The Balaban J connectivity index is 0.00000324. The van der Waals surface area contributed by atoms with Crippen LogP contribution in [-0.2, 0) is 9.53 Å². The van der Waals surface area contributed by atoms with E-state index in [-0.39, 0.29) is 18.2 Å². The molecule has 0 bridgehead atoms. The molecule has 0 radical (unpaired) electrons. The zero-order valence-electron chi connectivity index (χ0n) is 10.7. The van der Waals surface area contributed by atoms with Crippen molar-refractivity contribution in [2.75, 3.05) is 7.11 Å². The minimum atomic E-state index is -0.942. The van der Waals surface area contributed by atoms with Gasteiger partial charge < -0.3 is 15.6 Å². The topological polar surface area (TPSA) is 72.5 Å². The maximum Gasteiger partial charge on any atom is 0.313 e. The van der Waals surface area contributed by atoms with Gasteiger partial charge in [-0.15, -0.1) is 12.4 Å². The number of esters is 1. The molecule has 0 heterocycles. The highest BCUT2D eigenvalue weighted by Gasteiger charge is 2.38. The number of rotatable bonds is 3. The molecule has 0 aliphatic rings. The Morgan fingerprint density at radius 1 is 1.42 bits per heavy atom. The van der Waals surface area contributed by atoms with Crippen LogP contribution in [0.15, 0.2) is 21.1 Å². The molecule has 19 heavy (non-hydrogen) atoms. The molecule has 0 saturated carbocycles. The SMILES string of the molecule is COC(=O)C(C)(C)[C@@H](N)c1c(O)cc(Br)cc1Br.Cl. The van der Waals surface area contributed by atoms with E-state index in [1.54, 1.807) is 19.9 Å². The van der Waals surface area contributed by atoms with Gasteiger partial charge in [0.2, 0.25) is 0 Å². The lowest BCUT2D eigenvalue weighted by molar-refractivity contribution is -0.152. The largest absolute Gasteiger partial charge is 0.508 e. The van der Waals surface area contributed by atoms with Crippen molar-refractivity contribution in [1.29, 1.82) is 0 Å². The molecule has 0 fully saturated rings. The number of methoxy groups -OCH3 is 1. The van der Waals surface area contributed by atoms with E-state index in [9.17, 15) is 9.90 Å². The predicted octanol–water partition coefficient (Wildman–Crippen LogP) is 3.54. The Morgan fingerprint density at radius 3 is 2.37 bits per heavy atom. The predicted molar refractivity (Wildman–Crippen MR) is 83.5 cm³/mol. The first-order valence-corrected chi connectivity index (χ1v) is 6.82. The molecule has 0 spiro atoms. The van der Waals surface area contributed by atoms with Crippen molar-refractivity contribution in [1.82, 2.24) is 0 Å². The number of carbonyl (C=O) groups excluding carboxylic acids is 1. The maximum absolute atomic E-state index is 11.7. The van der Waals surface area contributed by atoms with E-state index in [4.69, 9.17) is 10.5 Å². The van der Waals surface area contributed by atoms with Crippen molar-refractivity contribution in [3.8, 4) is 5.75 Å². The Morgan fingerprint density at radius 2 is 1.95 bits per heavy atom. The molecule has 0 amide bonds. The second kappa shape index (κ2) is 6.92. The van der Waals surface area contributed by atoms with Crippen LogP contribution in [0.3, 0.4) is 0 Å². The highest BCUT2D eigenvalue weighted by Crippen LogP contribution is 2.41. The first-order valence-electron chi connectivity index (χ1n) is 5.23. The molecule has 1 aromatic rings. The molecular weight excluding hydrogens is 401 g/mol. The number of hydrogen-bond acceptors (Lipinski definition) is 4. The van der Waals surface area contributed by atoms with Crippen molar-refractivity contribution < 1.29 is 14.6 Å². The van der Waals surface area contributed by atoms with Crippen molar-refractivity contribution >= 4 is 50.2 Å². The fourth-order valence-corrected chi connectivity index (χ4v) is 3.08. The summed E-state index contributed by atoms with van der Waals surface area (Å²) in [4.78, 5) is 11.7. The number of carbonyl (C=O) groups is 1. The first-order chi connectivity index (χ1) is 8.21. The van der Waals surface area contributed by atoms with E-state index in [1.165, 1.54) is 13.2 Å². The van der Waals surface area contributed by atoms with Crippen LogP contribution in [-0.4, -0.2) is 18.2 Å². The van der Waals surface area contributed by atoms with E-state index in [0.717, 1.165) is 4.47 Å². The van der Waals surface area contributed by atoms with Crippen molar-refractivity contribution in [3.63, 3.8) is 0 Å². The highest BCUT2D eigenvalue weighted by atomic mass is 79.9. The summed E-state index contributed by atoms with van der Waals surface area (Å²) in [7, 11) is 1.31. The quantitative estimate of drug-likeness (QED) is 0.738. The second-order valence-electron chi connectivity index (χ2n) is 4.51. The van der Waals surface area contributed by atoms with Gasteiger partial charge in [-0.2, -0.15) is 0 Å². The summed E-state index contributed by atoms with van der Waals surface area (Å²) in [5.74, 6) is -0.398. The van der Waals surface area contributed by atoms with Crippen LogP contribution in [0.1, 0.15) is 25.5 Å². The van der Waals surface area contributed by atoms with Crippen LogP contribution in [0.5, 0.6) is 5.75 Å². The standard InChI is InChI=1S/C12H15Br2NO3.ClH/c1-12(2,11(17)18-3)10(15)9-7(14)4-6(13)5-8(9)16;/h4-5,10,16H,15H2,1-3H3;1H/t10-;/m0./s1. The molecule has 1 rings (SSSR count). The van der Waals surface area contributed by atoms with Gasteiger partial charge in [-0.25, -0.2) is 0 Å². The molecule has 0 aliphatic carbocycles. The van der Waals surface area contributed by atoms with Crippen LogP contribution in [0.25, 0.3) is 0 Å². The first kappa shape index (κ1) is 18.7. The Bertz CT molecular complexity index is 457. The van der Waals surface area contributed by atoms with Crippen molar-refractivity contribution in [2.45, 2.75) is 19.9 Å². The van der Waals surface area contributed by atoms with Gasteiger partial charge in [0, 0.05) is 14.5 Å². The summed E-state index contributed by atoms with van der Waals surface area (Å²) < 4.78 is 6.09. The number of ether oxygens (including phenoxy) is 1. The molecule has 108 valence electrons. The molecule has 4 nitrogen and oxygen atoms in total. The van der Waals surface area contributed by atoms with Gasteiger partial charge in [0.25, 0.3) is 0 Å². The summed E-state index contributed by atoms with van der Waals surface area (Å²) in [6.07, 6.45) is 0. The number of phenols is 1. The van der Waals surface area contributed by atoms with Gasteiger partial charge in [-0.1, -0.05) is 31.9 Å². The number of hydrogen-bond donors (Lipinski definition) is 2. The zero-order chi connectivity index (χ0) is 14.1. The molecule has 0 aliphatic heterocycles. The highest BCUT2D eigenvalue weighted by molar-refractivity contribution is 9.11. The summed E-state index contributed by atoms with van der Waals surface area (Å²) in [6, 6.07) is 2.61. The van der Waals surface area contributed by atoms with Gasteiger partial charge in [0.1, 0.15) is 5.75 Å². The maximum atomic E-state index is 11.7. The number of aromatic hydroxyl groups is 1. The molecule has 3 N–H and O–H groups in total. The molecule has 0 aromatic heterocycles. The average molecular weight is 418 g/mol. The minimum Gasteiger partial charge on any atom is -0.508 e. The van der Waals surface area contributed by atoms with E-state index >= 15 is 0 Å². The monoisotopic (exact) mass is 415 g/mol. The fraction of sp³-hybridized carbons (Fsp3) is 0.417.